The molecule has 2 unspecified atom stereocenters. The molecule has 2 atom stereocenters. The zero-order chi connectivity index (χ0) is 20.1. The van der Waals surface area contributed by atoms with Crippen LogP contribution in [0.1, 0.15) is 25.8 Å². The highest BCUT2D eigenvalue weighted by Crippen LogP contribution is 2.38. The maximum absolute atomic E-state index is 11.5. The molecule has 1 aliphatic heterocycles. The van der Waals surface area contributed by atoms with Gasteiger partial charge in [-0.05, 0) is 30.7 Å². The minimum atomic E-state index is -0.906. The van der Waals surface area contributed by atoms with Crippen LogP contribution in [0.4, 0.5) is 5.69 Å². The molecule has 5 heteroatoms. The number of rotatable bonds is 7. The molecular formula is C23H31ClN2O2. The molecule has 0 radical (unpaired) electrons. The summed E-state index contributed by atoms with van der Waals surface area (Å²) in [4.78, 5) is 4.82. The van der Waals surface area contributed by atoms with E-state index in [-0.39, 0.29) is 5.92 Å². The lowest BCUT2D eigenvalue weighted by molar-refractivity contribution is -0.0355. The first-order valence-electron chi connectivity index (χ1n) is 10.1. The largest absolute Gasteiger partial charge is 0.496 e. The molecule has 0 saturated carbocycles. The monoisotopic (exact) mass is 402 g/mol. The minimum absolute atomic E-state index is 0.0894. The molecule has 0 aliphatic carbocycles. The van der Waals surface area contributed by atoms with Gasteiger partial charge >= 0.3 is 0 Å². The van der Waals surface area contributed by atoms with Crippen molar-refractivity contribution < 1.29 is 9.84 Å². The summed E-state index contributed by atoms with van der Waals surface area (Å²) in [5, 5.41) is 12.3. The van der Waals surface area contributed by atoms with E-state index in [0.717, 1.165) is 49.1 Å². The highest BCUT2D eigenvalue weighted by molar-refractivity contribution is 6.30. The molecule has 0 bridgehead atoms. The Morgan fingerprint density at radius 2 is 1.82 bits per heavy atom. The molecule has 1 N–H and O–H groups in total. The van der Waals surface area contributed by atoms with Gasteiger partial charge in [0.1, 0.15) is 5.75 Å². The lowest BCUT2D eigenvalue weighted by Gasteiger charge is -2.41. The van der Waals surface area contributed by atoms with E-state index in [1.807, 2.05) is 49.4 Å². The van der Waals surface area contributed by atoms with Crippen molar-refractivity contribution in [2.45, 2.75) is 25.9 Å². The van der Waals surface area contributed by atoms with Crippen LogP contribution in [-0.4, -0.2) is 49.8 Å². The maximum Gasteiger partial charge on any atom is 0.124 e. The van der Waals surface area contributed by atoms with Gasteiger partial charge < -0.3 is 14.7 Å². The number of ether oxygens (including phenoxy) is 1. The lowest BCUT2D eigenvalue weighted by atomic mass is 9.79. The summed E-state index contributed by atoms with van der Waals surface area (Å²) in [6.07, 6.45) is 0.650. The van der Waals surface area contributed by atoms with Crippen molar-refractivity contribution in [2.75, 3.05) is 44.7 Å². The molecule has 28 heavy (non-hydrogen) atoms. The summed E-state index contributed by atoms with van der Waals surface area (Å²) < 4.78 is 5.52. The van der Waals surface area contributed by atoms with Crippen molar-refractivity contribution in [3.63, 3.8) is 0 Å². The van der Waals surface area contributed by atoms with Crippen LogP contribution < -0.4 is 9.64 Å². The van der Waals surface area contributed by atoms with Crippen LogP contribution in [-0.2, 0) is 5.60 Å². The van der Waals surface area contributed by atoms with E-state index in [4.69, 9.17) is 16.3 Å². The van der Waals surface area contributed by atoms with E-state index >= 15 is 0 Å². The van der Waals surface area contributed by atoms with E-state index in [0.29, 0.717) is 6.42 Å². The Morgan fingerprint density at radius 3 is 2.46 bits per heavy atom. The molecule has 4 nitrogen and oxygen atoms in total. The number of benzene rings is 2. The summed E-state index contributed by atoms with van der Waals surface area (Å²) in [7, 11) is 1.66. The number of aliphatic hydroxyl groups is 1. The van der Waals surface area contributed by atoms with Gasteiger partial charge in [0.2, 0.25) is 0 Å². The number of halogens is 1. The number of nitrogens with zero attached hydrogens (tertiary/aromatic N) is 2. The topological polar surface area (TPSA) is 35.9 Å². The zero-order valence-electron chi connectivity index (χ0n) is 17.1. The van der Waals surface area contributed by atoms with Gasteiger partial charge in [0.05, 0.1) is 12.7 Å². The van der Waals surface area contributed by atoms with Gasteiger partial charge in [0.15, 0.2) is 0 Å². The Labute approximate surface area is 173 Å². The van der Waals surface area contributed by atoms with Crippen molar-refractivity contribution in [3.8, 4) is 5.75 Å². The Kier molecular flexibility index (Phi) is 6.86. The van der Waals surface area contributed by atoms with Crippen LogP contribution in [0.5, 0.6) is 5.75 Å². The number of hydrogen-bond acceptors (Lipinski definition) is 4. The van der Waals surface area contributed by atoms with Crippen LogP contribution in [0.3, 0.4) is 0 Å². The van der Waals surface area contributed by atoms with Gasteiger partial charge in [-0.3, -0.25) is 4.90 Å². The second-order valence-corrected chi connectivity index (χ2v) is 8.08. The van der Waals surface area contributed by atoms with Crippen molar-refractivity contribution in [3.05, 3.63) is 59.1 Å². The van der Waals surface area contributed by atoms with Gasteiger partial charge in [0.25, 0.3) is 0 Å². The van der Waals surface area contributed by atoms with Gasteiger partial charge in [-0.2, -0.15) is 0 Å². The number of methoxy groups -OCH3 is 1. The van der Waals surface area contributed by atoms with E-state index in [2.05, 4.69) is 22.8 Å². The fourth-order valence-corrected chi connectivity index (χ4v) is 4.39. The first-order valence-corrected chi connectivity index (χ1v) is 10.4. The highest BCUT2D eigenvalue weighted by atomic mass is 35.5. The number of hydrogen-bond donors (Lipinski definition) is 1. The quantitative estimate of drug-likeness (QED) is 0.744. The Hall–Kier alpha value is -1.75. The lowest BCUT2D eigenvalue weighted by Crippen LogP contribution is -2.50. The molecular weight excluding hydrogens is 372 g/mol. The predicted octanol–water partition coefficient (Wildman–Crippen LogP) is 4.40. The number of anilines is 1. The van der Waals surface area contributed by atoms with E-state index < -0.39 is 5.60 Å². The van der Waals surface area contributed by atoms with Gasteiger partial charge in [-0.25, -0.2) is 0 Å². The first-order chi connectivity index (χ1) is 13.5. The molecule has 1 saturated heterocycles. The summed E-state index contributed by atoms with van der Waals surface area (Å²) in [6, 6.07) is 15.9. The maximum atomic E-state index is 11.5. The second kappa shape index (κ2) is 9.17. The third kappa shape index (κ3) is 4.45. The van der Waals surface area contributed by atoms with Crippen LogP contribution in [0.2, 0.25) is 5.02 Å². The van der Waals surface area contributed by atoms with Gasteiger partial charge in [0, 0.05) is 54.9 Å². The SMILES string of the molecule is CCC(O)(c1ccccc1OC)C(C)CN1CCN(c2cccc(Cl)c2)CC1. The highest BCUT2D eigenvalue weighted by Gasteiger charge is 2.37. The summed E-state index contributed by atoms with van der Waals surface area (Å²) in [6.45, 7) is 8.91. The minimum Gasteiger partial charge on any atom is -0.496 e. The molecule has 3 rings (SSSR count). The summed E-state index contributed by atoms with van der Waals surface area (Å²) in [5.41, 5.74) is 1.15. The normalized spacial score (nSPS) is 18.5. The Balaban J connectivity index is 1.65. The number of piperazine rings is 1. The molecule has 1 fully saturated rings. The van der Waals surface area contributed by atoms with Crippen molar-refractivity contribution >= 4 is 17.3 Å². The Morgan fingerprint density at radius 1 is 1.11 bits per heavy atom. The van der Waals surface area contributed by atoms with E-state index in [9.17, 15) is 5.11 Å². The zero-order valence-corrected chi connectivity index (χ0v) is 17.8. The van der Waals surface area contributed by atoms with Crippen LogP contribution in [0.15, 0.2) is 48.5 Å². The third-order valence-corrected chi connectivity index (χ3v) is 6.24. The van der Waals surface area contributed by atoms with Crippen LogP contribution in [0.25, 0.3) is 0 Å². The molecule has 0 amide bonds. The van der Waals surface area contributed by atoms with Crippen LogP contribution >= 0.6 is 11.6 Å². The fourth-order valence-electron chi connectivity index (χ4n) is 4.21. The Bertz CT molecular complexity index is 777. The first kappa shape index (κ1) is 21.0. The second-order valence-electron chi connectivity index (χ2n) is 7.65. The summed E-state index contributed by atoms with van der Waals surface area (Å²) in [5.74, 6) is 0.844. The predicted molar refractivity (Wildman–Crippen MR) is 116 cm³/mol. The van der Waals surface area contributed by atoms with Crippen LogP contribution in [0, 0.1) is 5.92 Å². The smallest absolute Gasteiger partial charge is 0.124 e. The standard InChI is InChI=1S/C23H31ClN2O2/c1-4-23(27,21-10-5-6-11-22(21)28-3)18(2)17-25-12-14-26(15-13-25)20-9-7-8-19(24)16-20/h5-11,16,18,27H,4,12-15,17H2,1-3H3. The fraction of sp³-hybridized carbons (Fsp3) is 0.478. The van der Waals surface area contributed by atoms with Gasteiger partial charge in [-0.1, -0.05) is 49.7 Å². The molecule has 0 spiro atoms. The molecule has 2 aromatic rings. The molecule has 2 aromatic carbocycles. The van der Waals surface area contributed by atoms with E-state index in [1.54, 1.807) is 7.11 Å². The van der Waals surface area contributed by atoms with Crippen molar-refractivity contribution in [1.82, 2.24) is 4.90 Å². The summed E-state index contributed by atoms with van der Waals surface area (Å²) >= 11 is 6.14. The molecule has 152 valence electrons. The average molecular weight is 403 g/mol. The van der Waals surface area contributed by atoms with Crippen molar-refractivity contribution in [1.29, 1.82) is 0 Å². The number of para-hydroxylation sites is 1. The van der Waals surface area contributed by atoms with Crippen molar-refractivity contribution in [2.24, 2.45) is 5.92 Å². The van der Waals surface area contributed by atoms with E-state index in [1.165, 1.54) is 5.69 Å². The molecule has 0 aromatic heterocycles. The third-order valence-electron chi connectivity index (χ3n) is 6.01. The van der Waals surface area contributed by atoms with Gasteiger partial charge in [-0.15, -0.1) is 0 Å². The molecule has 1 heterocycles. The average Bonchev–Trinajstić information content (AvgIpc) is 2.73. The molecule has 1 aliphatic rings.